The molecule has 2 amide bonds. The molecule has 0 radical (unpaired) electrons. The van der Waals surface area contributed by atoms with Crippen molar-refractivity contribution in [2.75, 3.05) is 12.3 Å². The van der Waals surface area contributed by atoms with Gasteiger partial charge in [0, 0.05) is 6.54 Å². The summed E-state index contributed by atoms with van der Waals surface area (Å²) in [6, 6.07) is 4.14. The molecule has 0 spiro atoms. The quantitative estimate of drug-likeness (QED) is 0.852. The van der Waals surface area contributed by atoms with Crippen molar-refractivity contribution >= 4 is 21.7 Å². The molecule has 0 saturated carbocycles. The molecule has 2 N–H and O–H groups in total. The Morgan fingerprint density at radius 1 is 1.26 bits per heavy atom. The Morgan fingerprint density at radius 2 is 2.00 bits per heavy atom. The summed E-state index contributed by atoms with van der Waals surface area (Å²) in [5.74, 6) is -1.55. The van der Waals surface area contributed by atoms with Gasteiger partial charge >= 0.3 is 0 Å². The first kappa shape index (κ1) is 17.5. The average molecular weight is 338 g/mol. The van der Waals surface area contributed by atoms with E-state index in [0.29, 0.717) is 13.0 Å². The summed E-state index contributed by atoms with van der Waals surface area (Å²) in [5.41, 5.74) is 1.85. The normalized spacial score (nSPS) is 18.9. The number of aryl methyl sites for hydroxylation is 2. The molecule has 1 fully saturated rings. The number of carbonyl (C=O) groups is 2. The first-order valence-electron chi connectivity index (χ1n) is 7.67. The van der Waals surface area contributed by atoms with Crippen molar-refractivity contribution in [1.29, 1.82) is 0 Å². The van der Waals surface area contributed by atoms with Crippen LogP contribution in [0.15, 0.2) is 23.1 Å². The zero-order valence-electron chi connectivity index (χ0n) is 13.4. The molecule has 0 aromatic heterocycles. The van der Waals surface area contributed by atoms with E-state index >= 15 is 0 Å². The Hall–Kier alpha value is -1.89. The monoisotopic (exact) mass is 338 g/mol. The number of amides is 2. The molecule has 0 aliphatic carbocycles. The summed E-state index contributed by atoms with van der Waals surface area (Å²) < 4.78 is 24.7. The summed E-state index contributed by atoms with van der Waals surface area (Å²) in [7, 11) is -3.72. The second-order valence-electron chi connectivity index (χ2n) is 5.91. The summed E-state index contributed by atoms with van der Waals surface area (Å²) in [6.07, 6.45) is 2.20. The molecule has 23 heavy (non-hydrogen) atoms. The Balaban J connectivity index is 2.05. The summed E-state index contributed by atoms with van der Waals surface area (Å²) >= 11 is 0. The number of nitrogens with one attached hydrogen (secondary N) is 2. The molecule has 1 saturated heterocycles. The summed E-state index contributed by atoms with van der Waals surface area (Å²) in [5, 5.41) is 5.24. The number of carbonyl (C=O) groups excluding carboxylic acids is 2. The van der Waals surface area contributed by atoms with Crippen LogP contribution in [0.25, 0.3) is 0 Å². The van der Waals surface area contributed by atoms with Gasteiger partial charge in [-0.1, -0.05) is 6.07 Å². The molecule has 126 valence electrons. The highest BCUT2D eigenvalue weighted by Crippen LogP contribution is 2.16. The number of benzene rings is 1. The van der Waals surface area contributed by atoms with Crippen LogP contribution in [0.4, 0.5) is 0 Å². The Labute approximate surface area is 136 Å². The van der Waals surface area contributed by atoms with Gasteiger partial charge < -0.3 is 10.6 Å². The third-order valence-corrected chi connectivity index (χ3v) is 5.64. The van der Waals surface area contributed by atoms with Gasteiger partial charge in [0.05, 0.1) is 4.90 Å². The van der Waals surface area contributed by atoms with Gasteiger partial charge in [-0.05, 0) is 56.4 Å². The molecule has 1 heterocycles. The third-order valence-electron chi connectivity index (χ3n) is 4.03. The third kappa shape index (κ3) is 4.54. The minimum absolute atomic E-state index is 0.126. The highest BCUT2D eigenvalue weighted by atomic mass is 32.2. The first-order chi connectivity index (χ1) is 10.8. The van der Waals surface area contributed by atoms with Crippen molar-refractivity contribution < 1.29 is 18.0 Å². The van der Waals surface area contributed by atoms with E-state index in [9.17, 15) is 18.0 Å². The van der Waals surface area contributed by atoms with Crippen molar-refractivity contribution in [3.8, 4) is 0 Å². The van der Waals surface area contributed by atoms with Crippen LogP contribution in [0.1, 0.15) is 30.4 Å². The van der Waals surface area contributed by atoms with Gasteiger partial charge in [0.1, 0.15) is 11.8 Å². The number of sulfone groups is 1. The maximum atomic E-state index is 12.3. The predicted molar refractivity (Wildman–Crippen MR) is 86.8 cm³/mol. The molecule has 1 atom stereocenters. The van der Waals surface area contributed by atoms with Crippen molar-refractivity contribution in [3.63, 3.8) is 0 Å². The van der Waals surface area contributed by atoms with Crippen LogP contribution in [-0.2, 0) is 19.4 Å². The minimum Gasteiger partial charge on any atom is -0.354 e. The average Bonchev–Trinajstić information content (AvgIpc) is 2.66. The van der Waals surface area contributed by atoms with Crippen LogP contribution in [-0.4, -0.2) is 38.6 Å². The molecular weight excluding hydrogens is 316 g/mol. The molecule has 1 aliphatic rings. The van der Waals surface area contributed by atoms with Crippen LogP contribution < -0.4 is 10.6 Å². The molecule has 1 aromatic rings. The molecule has 1 aromatic carbocycles. The summed E-state index contributed by atoms with van der Waals surface area (Å²) in [4.78, 5) is 24.0. The highest BCUT2D eigenvalue weighted by Gasteiger charge is 2.26. The van der Waals surface area contributed by atoms with Crippen molar-refractivity contribution in [2.45, 2.75) is 44.0 Å². The Morgan fingerprint density at radius 3 is 2.70 bits per heavy atom. The van der Waals surface area contributed by atoms with Crippen molar-refractivity contribution in [1.82, 2.24) is 10.6 Å². The van der Waals surface area contributed by atoms with E-state index in [4.69, 9.17) is 0 Å². The van der Waals surface area contributed by atoms with Crippen LogP contribution >= 0.6 is 0 Å². The zero-order valence-corrected chi connectivity index (χ0v) is 14.2. The van der Waals surface area contributed by atoms with E-state index in [1.807, 2.05) is 13.8 Å². The fourth-order valence-electron chi connectivity index (χ4n) is 2.48. The number of hydrogen-bond acceptors (Lipinski definition) is 4. The largest absolute Gasteiger partial charge is 0.354 e. The molecule has 2 rings (SSSR count). The van der Waals surface area contributed by atoms with E-state index in [1.165, 1.54) is 6.07 Å². The smallest absolute Gasteiger partial charge is 0.242 e. The van der Waals surface area contributed by atoms with E-state index in [0.717, 1.165) is 24.0 Å². The van der Waals surface area contributed by atoms with E-state index < -0.39 is 27.5 Å². The lowest BCUT2D eigenvalue weighted by Gasteiger charge is -2.15. The SMILES string of the molecule is Cc1ccc(S(=O)(=O)CC(=O)NC2CCCCNC2=O)cc1C. The fraction of sp³-hybridized carbons (Fsp3) is 0.500. The van der Waals surface area contributed by atoms with Gasteiger partial charge in [0.25, 0.3) is 0 Å². The molecular formula is C16H22N2O4S. The molecule has 6 nitrogen and oxygen atoms in total. The fourth-order valence-corrected chi connectivity index (χ4v) is 3.70. The molecule has 1 unspecified atom stereocenters. The van der Waals surface area contributed by atoms with Crippen molar-refractivity contribution in [3.05, 3.63) is 29.3 Å². The molecule has 1 aliphatic heterocycles. The van der Waals surface area contributed by atoms with Crippen molar-refractivity contribution in [2.24, 2.45) is 0 Å². The lowest BCUT2D eigenvalue weighted by atomic mass is 10.1. The predicted octanol–water partition coefficient (Wildman–Crippen LogP) is 0.862. The second kappa shape index (κ2) is 7.12. The minimum atomic E-state index is -3.72. The van der Waals surface area contributed by atoms with E-state index in [2.05, 4.69) is 10.6 Å². The van der Waals surface area contributed by atoms with Crippen LogP contribution in [0.5, 0.6) is 0 Å². The molecule has 0 bridgehead atoms. The van der Waals surface area contributed by atoms with Crippen LogP contribution in [0, 0.1) is 13.8 Å². The maximum absolute atomic E-state index is 12.3. The van der Waals surface area contributed by atoms with Crippen LogP contribution in [0.2, 0.25) is 0 Å². The Kier molecular flexibility index (Phi) is 5.41. The first-order valence-corrected chi connectivity index (χ1v) is 9.32. The second-order valence-corrected chi connectivity index (χ2v) is 7.90. The topological polar surface area (TPSA) is 92.3 Å². The number of rotatable bonds is 4. The lowest BCUT2D eigenvalue weighted by molar-refractivity contribution is -0.127. The zero-order chi connectivity index (χ0) is 17.0. The standard InChI is InChI=1S/C16H22N2O4S/c1-11-6-7-13(9-12(11)2)23(21,22)10-15(19)18-14-5-3-4-8-17-16(14)20/h6-7,9,14H,3-5,8,10H2,1-2H3,(H,17,20)(H,18,19). The Bertz CT molecular complexity index is 713. The lowest BCUT2D eigenvalue weighted by Crippen LogP contribution is -2.47. The van der Waals surface area contributed by atoms with Gasteiger partial charge in [0.15, 0.2) is 9.84 Å². The van der Waals surface area contributed by atoms with Crippen LogP contribution in [0.3, 0.4) is 0 Å². The maximum Gasteiger partial charge on any atom is 0.242 e. The van der Waals surface area contributed by atoms with Gasteiger partial charge in [0.2, 0.25) is 11.8 Å². The van der Waals surface area contributed by atoms with Gasteiger partial charge in [-0.2, -0.15) is 0 Å². The number of hydrogen-bond donors (Lipinski definition) is 2. The van der Waals surface area contributed by atoms with E-state index in [-0.39, 0.29) is 10.8 Å². The van der Waals surface area contributed by atoms with Gasteiger partial charge in [-0.3, -0.25) is 9.59 Å². The summed E-state index contributed by atoms with van der Waals surface area (Å²) in [6.45, 7) is 4.31. The highest BCUT2D eigenvalue weighted by molar-refractivity contribution is 7.92. The van der Waals surface area contributed by atoms with E-state index in [1.54, 1.807) is 12.1 Å². The molecule has 7 heteroatoms. The van der Waals surface area contributed by atoms with Gasteiger partial charge in [-0.15, -0.1) is 0 Å². The van der Waals surface area contributed by atoms with Gasteiger partial charge in [-0.25, -0.2) is 8.42 Å².